The summed E-state index contributed by atoms with van der Waals surface area (Å²) in [5.74, 6) is 0. The van der Waals surface area contributed by atoms with Crippen LogP contribution in [0, 0.1) is 14.3 Å². The molecular weight excluding hydrogens is 772 g/mol. The molecule has 4 rings (SSSR count). The van der Waals surface area contributed by atoms with Crippen molar-refractivity contribution in [1.82, 2.24) is 0 Å². The van der Waals surface area contributed by atoms with Crippen molar-refractivity contribution < 1.29 is 0 Å². The van der Waals surface area contributed by atoms with Crippen LogP contribution in [0.5, 0.6) is 0 Å². The van der Waals surface area contributed by atoms with E-state index in [9.17, 15) is 0 Å². The Morgan fingerprint density at radius 2 is 0.808 bits per heavy atom. The molecule has 26 heavy (non-hydrogen) atoms. The van der Waals surface area contributed by atoms with Crippen molar-refractivity contribution in [2.75, 3.05) is 0 Å². The Labute approximate surface area is 207 Å². The van der Waals surface area contributed by atoms with Crippen LogP contribution in [0.1, 0.15) is 0 Å². The van der Waals surface area contributed by atoms with Gasteiger partial charge in [0, 0.05) is 25.1 Å². The zero-order valence-electron chi connectivity index (χ0n) is 13.4. The number of benzene rings is 4. The first-order chi connectivity index (χ1) is 12.6. The first-order valence-corrected chi connectivity index (χ1v) is 12.3. The van der Waals surface area contributed by atoms with Gasteiger partial charge < -0.3 is 0 Å². The maximum absolute atomic E-state index is 2.52. The van der Waals surface area contributed by atoms with Gasteiger partial charge in [0.25, 0.3) is 0 Å². The lowest BCUT2D eigenvalue weighted by Gasteiger charge is -2.16. The lowest BCUT2D eigenvalue weighted by molar-refractivity contribution is 1.55. The Kier molecular flexibility index (Phi) is 6.11. The van der Waals surface area contributed by atoms with Gasteiger partial charge in [0.05, 0.1) is 0 Å². The largest absolute Gasteiger partial charge is 0.0622 e. The molecule has 0 amide bonds. The SMILES string of the molecule is Ic1cc(-c2ccccc2)c(I)c2c(I)cc(-c3ccccc3)c(I)c12. The fraction of sp³-hybridized carbons (Fsp3) is 0. The van der Waals surface area contributed by atoms with Gasteiger partial charge in [-0.2, -0.15) is 0 Å². The van der Waals surface area contributed by atoms with E-state index in [-0.39, 0.29) is 0 Å². The van der Waals surface area contributed by atoms with Gasteiger partial charge in [0.1, 0.15) is 0 Å². The number of rotatable bonds is 2. The minimum Gasteiger partial charge on any atom is -0.0622 e. The zero-order chi connectivity index (χ0) is 18.3. The van der Waals surface area contributed by atoms with Crippen LogP contribution in [0.4, 0.5) is 0 Å². The number of fused-ring (bicyclic) bond motifs is 1. The third-order valence-corrected chi connectivity index (χ3v) is 8.29. The minimum absolute atomic E-state index is 1.27. The molecule has 0 aliphatic carbocycles. The van der Waals surface area contributed by atoms with Gasteiger partial charge in [0.2, 0.25) is 0 Å². The highest BCUT2D eigenvalue weighted by molar-refractivity contribution is 14.1. The van der Waals surface area contributed by atoms with Crippen LogP contribution in [-0.4, -0.2) is 0 Å². The van der Waals surface area contributed by atoms with Crippen molar-refractivity contribution in [3.63, 3.8) is 0 Å². The van der Waals surface area contributed by atoms with Gasteiger partial charge in [-0.3, -0.25) is 0 Å². The maximum Gasteiger partial charge on any atom is 0.0299 e. The molecule has 0 spiro atoms. The predicted molar refractivity (Wildman–Crippen MR) is 146 cm³/mol. The molecule has 0 unspecified atom stereocenters. The minimum atomic E-state index is 1.27. The first kappa shape index (κ1) is 19.4. The van der Waals surface area contributed by atoms with Gasteiger partial charge >= 0.3 is 0 Å². The van der Waals surface area contributed by atoms with Gasteiger partial charge in [-0.05, 0) is 125 Å². The summed E-state index contributed by atoms with van der Waals surface area (Å²) in [6.07, 6.45) is 0. The number of hydrogen-bond acceptors (Lipinski definition) is 0. The Morgan fingerprint density at radius 1 is 0.462 bits per heavy atom. The number of hydrogen-bond donors (Lipinski definition) is 0. The lowest BCUT2D eigenvalue weighted by Crippen LogP contribution is -1.96. The second-order valence-corrected chi connectivity index (χ2v) is 10.4. The average Bonchev–Trinajstić information content (AvgIpc) is 2.67. The molecule has 0 heterocycles. The first-order valence-electron chi connectivity index (χ1n) is 7.98. The van der Waals surface area contributed by atoms with E-state index in [1.165, 1.54) is 47.3 Å². The second kappa shape index (κ2) is 8.20. The Hall–Kier alpha value is 0.0600. The summed E-state index contributed by atoms with van der Waals surface area (Å²) in [6, 6.07) is 26.0. The predicted octanol–water partition coefficient (Wildman–Crippen LogP) is 8.59. The van der Waals surface area contributed by atoms with E-state index in [1.807, 2.05) is 0 Å². The molecule has 128 valence electrons. The van der Waals surface area contributed by atoms with Crippen molar-refractivity contribution in [2.24, 2.45) is 0 Å². The highest BCUT2D eigenvalue weighted by atomic mass is 127. The molecule has 0 saturated carbocycles. The molecule has 0 fully saturated rings. The highest BCUT2D eigenvalue weighted by Gasteiger charge is 2.18. The summed E-state index contributed by atoms with van der Waals surface area (Å²) in [4.78, 5) is 0. The molecule has 0 aliphatic rings. The van der Waals surface area contributed by atoms with Crippen LogP contribution in [-0.2, 0) is 0 Å². The van der Waals surface area contributed by atoms with Crippen molar-refractivity contribution in [3.05, 3.63) is 87.1 Å². The smallest absolute Gasteiger partial charge is 0.0299 e. The van der Waals surface area contributed by atoms with Gasteiger partial charge in [-0.1, -0.05) is 60.7 Å². The topological polar surface area (TPSA) is 0 Å². The van der Waals surface area contributed by atoms with E-state index in [1.54, 1.807) is 0 Å². The quantitative estimate of drug-likeness (QED) is 0.179. The van der Waals surface area contributed by atoms with Gasteiger partial charge in [0.15, 0.2) is 0 Å². The normalized spacial score (nSPS) is 11.1. The van der Waals surface area contributed by atoms with Crippen LogP contribution in [0.25, 0.3) is 33.0 Å². The molecule has 0 bridgehead atoms. The fourth-order valence-electron chi connectivity index (χ4n) is 3.12. The molecule has 0 aromatic heterocycles. The van der Waals surface area contributed by atoms with Crippen LogP contribution in [0.15, 0.2) is 72.8 Å². The van der Waals surface area contributed by atoms with E-state index < -0.39 is 0 Å². The Bertz CT molecular complexity index is 1010. The van der Waals surface area contributed by atoms with Crippen LogP contribution in [0.3, 0.4) is 0 Å². The highest BCUT2D eigenvalue weighted by Crippen LogP contribution is 2.42. The van der Waals surface area contributed by atoms with E-state index in [2.05, 4.69) is 163 Å². The molecule has 4 heteroatoms. The molecule has 0 saturated heterocycles. The van der Waals surface area contributed by atoms with E-state index in [0.29, 0.717) is 0 Å². The van der Waals surface area contributed by atoms with E-state index in [0.717, 1.165) is 0 Å². The Balaban J connectivity index is 2.06. The molecule has 4 aromatic rings. The Morgan fingerprint density at radius 3 is 1.15 bits per heavy atom. The fourth-order valence-corrected chi connectivity index (χ4v) is 7.91. The van der Waals surface area contributed by atoms with E-state index in [4.69, 9.17) is 0 Å². The summed E-state index contributed by atoms with van der Waals surface area (Å²) in [5.41, 5.74) is 5.16. The van der Waals surface area contributed by atoms with Crippen LogP contribution in [0.2, 0.25) is 0 Å². The molecule has 0 nitrogen and oxygen atoms in total. The molecule has 0 aliphatic heterocycles. The number of halogens is 4. The summed E-state index contributed by atoms with van der Waals surface area (Å²) < 4.78 is 5.26. The third kappa shape index (κ3) is 3.55. The monoisotopic (exact) mass is 784 g/mol. The molecule has 0 N–H and O–H groups in total. The maximum atomic E-state index is 2.52. The van der Waals surface area contributed by atoms with Crippen molar-refractivity contribution >= 4 is 101 Å². The molecule has 0 atom stereocenters. The van der Waals surface area contributed by atoms with Crippen molar-refractivity contribution in [1.29, 1.82) is 0 Å². The summed E-state index contributed by atoms with van der Waals surface area (Å²) in [6.45, 7) is 0. The summed E-state index contributed by atoms with van der Waals surface area (Å²) >= 11 is 10.0. The summed E-state index contributed by atoms with van der Waals surface area (Å²) in [7, 11) is 0. The van der Waals surface area contributed by atoms with E-state index >= 15 is 0 Å². The standard InChI is InChI=1S/C22H12I4/c23-17-11-15(13-7-3-1-4-8-13)21(25)19-18(24)12-16(22(26)20(17)19)14-9-5-2-6-10-14/h1-12H. The lowest BCUT2D eigenvalue weighted by atomic mass is 9.98. The van der Waals surface area contributed by atoms with Gasteiger partial charge in [-0.15, -0.1) is 0 Å². The average molecular weight is 784 g/mol. The van der Waals surface area contributed by atoms with Crippen LogP contribution >= 0.6 is 90.4 Å². The summed E-state index contributed by atoms with van der Waals surface area (Å²) in [5, 5.41) is 2.72. The molecule has 4 aromatic carbocycles. The van der Waals surface area contributed by atoms with Crippen molar-refractivity contribution in [3.8, 4) is 22.3 Å². The van der Waals surface area contributed by atoms with Gasteiger partial charge in [-0.25, -0.2) is 0 Å². The molecular formula is C22H12I4. The van der Waals surface area contributed by atoms with Crippen molar-refractivity contribution in [2.45, 2.75) is 0 Å². The second-order valence-electron chi connectivity index (χ2n) is 5.92. The zero-order valence-corrected chi connectivity index (χ0v) is 22.1. The molecule has 0 radical (unpaired) electrons. The van der Waals surface area contributed by atoms with Crippen LogP contribution < -0.4 is 0 Å². The third-order valence-electron chi connectivity index (χ3n) is 4.35.